The molecule has 5 nitrogen and oxygen atoms in total. The topological polar surface area (TPSA) is 61.0 Å². The van der Waals surface area contributed by atoms with E-state index >= 15 is 0 Å². The van der Waals surface area contributed by atoms with Gasteiger partial charge in [-0.2, -0.15) is 0 Å². The van der Waals surface area contributed by atoms with E-state index in [0.717, 1.165) is 57.1 Å². The number of aromatic nitrogens is 2. The highest BCUT2D eigenvalue weighted by molar-refractivity contribution is 5.36. The standard InChI is InChI=1S/C17H28N4O/c22-17-16(21-11-4-2-1-3-5-12-21)20-15(13-19-17)7-6-10-18-14-8-9-14/h13-14,18H,1-12H2,(H,19,22). The van der Waals surface area contributed by atoms with E-state index < -0.39 is 0 Å². The summed E-state index contributed by atoms with van der Waals surface area (Å²) < 4.78 is 0. The third kappa shape index (κ3) is 4.57. The molecule has 5 heteroatoms. The largest absolute Gasteiger partial charge is 0.352 e. The number of rotatable bonds is 6. The van der Waals surface area contributed by atoms with Crippen LogP contribution in [0.15, 0.2) is 11.0 Å². The average Bonchev–Trinajstić information content (AvgIpc) is 3.30. The first kappa shape index (κ1) is 15.5. The fraction of sp³-hybridized carbons (Fsp3) is 0.765. The zero-order valence-corrected chi connectivity index (χ0v) is 13.4. The second-order valence-electron chi connectivity index (χ2n) is 6.63. The van der Waals surface area contributed by atoms with Crippen LogP contribution in [0.4, 0.5) is 5.82 Å². The number of H-pyrrole nitrogens is 1. The summed E-state index contributed by atoms with van der Waals surface area (Å²) in [4.78, 5) is 21.8. The summed E-state index contributed by atoms with van der Waals surface area (Å²) in [6.45, 7) is 2.97. The van der Waals surface area contributed by atoms with E-state index in [1.165, 1.54) is 32.1 Å². The molecule has 0 bridgehead atoms. The van der Waals surface area contributed by atoms with Gasteiger partial charge in [0.1, 0.15) is 0 Å². The molecular weight excluding hydrogens is 276 g/mol. The molecule has 0 amide bonds. The predicted octanol–water partition coefficient (Wildman–Crippen LogP) is 2.22. The molecule has 2 fully saturated rings. The van der Waals surface area contributed by atoms with Gasteiger partial charge in [-0.1, -0.05) is 19.3 Å². The Bertz CT molecular complexity index is 516. The maximum absolute atomic E-state index is 12.1. The monoisotopic (exact) mass is 304 g/mol. The van der Waals surface area contributed by atoms with E-state index in [4.69, 9.17) is 0 Å². The van der Waals surface area contributed by atoms with Crippen LogP contribution >= 0.6 is 0 Å². The number of anilines is 1. The van der Waals surface area contributed by atoms with Gasteiger partial charge in [0.05, 0.1) is 5.69 Å². The summed E-state index contributed by atoms with van der Waals surface area (Å²) >= 11 is 0. The molecule has 1 aromatic heterocycles. The first-order chi connectivity index (χ1) is 10.8. The molecule has 1 aromatic rings. The lowest BCUT2D eigenvalue weighted by Gasteiger charge is -2.25. The molecule has 2 N–H and O–H groups in total. The number of hydrogen-bond donors (Lipinski definition) is 2. The molecular formula is C17H28N4O. The Morgan fingerprint density at radius 1 is 1.18 bits per heavy atom. The van der Waals surface area contributed by atoms with Crippen molar-refractivity contribution in [3.05, 3.63) is 22.2 Å². The Hall–Kier alpha value is -1.36. The van der Waals surface area contributed by atoms with Crippen molar-refractivity contribution in [1.82, 2.24) is 15.3 Å². The van der Waals surface area contributed by atoms with Crippen molar-refractivity contribution in [1.29, 1.82) is 0 Å². The highest BCUT2D eigenvalue weighted by atomic mass is 16.1. The van der Waals surface area contributed by atoms with Gasteiger partial charge in [0.2, 0.25) is 0 Å². The van der Waals surface area contributed by atoms with Crippen molar-refractivity contribution in [3.63, 3.8) is 0 Å². The Morgan fingerprint density at radius 3 is 2.64 bits per heavy atom. The normalized spacial score (nSPS) is 19.7. The maximum atomic E-state index is 12.1. The molecule has 0 aromatic carbocycles. The van der Waals surface area contributed by atoms with Gasteiger partial charge in [-0.3, -0.25) is 4.79 Å². The molecule has 1 saturated heterocycles. The Morgan fingerprint density at radius 2 is 1.91 bits per heavy atom. The summed E-state index contributed by atoms with van der Waals surface area (Å²) in [6.07, 6.45) is 12.6. The van der Waals surface area contributed by atoms with Crippen molar-refractivity contribution >= 4 is 5.82 Å². The first-order valence-electron chi connectivity index (χ1n) is 8.90. The van der Waals surface area contributed by atoms with Crippen molar-refractivity contribution in [2.45, 2.75) is 63.8 Å². The van der Waals surface area contributed by atoms with Crippen molar-refractivity contribution in [2.24, 2.45) is 0 Å². The van der Waals surface area contributed by atoms with Crippen LogP contribution in [0.25, 0.3) is 0 Å². The number of nitrogens with one attached hydrogen (secondary N) is 2. The van der Waals surface area contributed by atoms with E-state index in [0.29, 0.717) is 5.82 Å². The second-order valence-corrected chi connectivity index (χ2v) is 6.63. The number of aromatic amines is 1. The highest BCUT2D eigenvalue weighted by Gasteiger charge is 2.19. The molecule has 3 rings (SSSR count). The number of aryl methyl sites for hydroxylation is 1. The smallest absolute Gasteiger partial charge is 0.290 e. The second kappa shape index (κ2) is 7.77. The van der Waals surface area contributed by atoms with Gasteiger partial charge in [0.25, 0.3) is 5.56 Å². The average molecular weight is 304 g/mol. The summed E-state index contributed by atoms with van der Waals surface area (Å²) in [5.74, 6) is 0.634. The van der Waals surface area contributed by atoms with Gasteiger partial charge in [-0.05, 0) is 45.1 Å². The Balaban J connectivity index is 1.58. The van der Waals surface area contributed by atoms with Crippen LogP contribution in [0.5, 0.6) is 0 Å². The predicted molar refractivity (Wildman–Crippen MR) is 89.5 cm³/mol. The van der Waals surface area contributed by atoms with Crippen LogP contribution in [-0.2, 0) is 6.42 Å². The molecule has 2 aliphatic rings. The van der Waals surface area contributed by atoms with Gasteiger partial charge in [-0.25, -0.2) is 4.98 Å². The lowest BCUT2D eigenvalue weighted by molar-refractivity contribution is 0.551. The lowest BCUT2D eigenvalue weighted by atomic mass is 10.1. The Labute approximate surface area is 132 Å². The zero-order valence-electron chi connectivity index (χ0n) is 13.4. The molecule has 1 saturated carbocycles. The fourth-order valence-corrected chi connectivity index (χ4v) is 3.10. The van der Waals surface area contributed by atoms with Crippen LogP contribution in [-0.4, -0.2) is 35.6 Å². The summed E-state index contributed by atoms with van der Waals surface area (Å²) in [5, 5.41) is 3.52. The maximum Gasteiger partial charge on any atom is 0.290 e. The van der Waals surface area contributed by atoms with E-state index in [2.05, 4.69) is 20.2 Å². The van der Waals surface area contributed by atoms with Crippen LogP contribution in [0, 0.1) is 0 Å². The third-order valence-electron chi connectivity index (χ3n) is 4.60. The van der Waals surface area contributed by atoms with Gasteiger partial charge in [0.15, 0.2) is 5.82 Å². The fourth-order valence-electron chi connectivity index (χ4n) is 3.10. The van der Waals surface area contributed by atoms with E-state index in [1.807, 2.05) is 0 Å². The van der Waals surface area contributed by atoms with Crippen molar-refractivity contribution in [3.8, 4) is 0 Å². The first-order valence-corrected chi connectivity index (χ1v) is 8.90. The van der Waals surface area contributed by atoms with Gasteiger partial charge in [-0.15, -0.1) is 0 Å². The van der Waals surface area contributed by atoms with Crippen LogP contribution in [0.3, 0.4) is 0 Å². The summed E-state index contributed by atoms with van der Waals surface area (Å²) in [5.41, 5.74) is 0.967. The quantitative estimate of drug-likeness (QED) is 0.791. The minimum Gasteiger partial charge on any atom is -0.352 e. The molecule has 0 atom stereocenters. The molecule has 122 valence electrons. The van der Waals surface area contributed by atoms with Gasteiger partial charge < -0.3 is 15.2 Å². The van der Waals surface area contributed by atoms with Crippen molar-refractivity contribution < 1.29 is 0 Å². The van der Waals surface area contributed by atoms with Gasteiger partial charge >= 0.3 is 0 Å². The summed E-state index contributed by atoms with van der Waals surface area (Å²) in [6, 6.07) is 0.764. The minimum atomic E-state index is -0.0413. The highest BCUT2D eigenvalue weighted by Crippen LogP contribution is 2.18. The van der Waals surface area contributed by atoms with Crippen molar-refractivity contribution in [2.75, 3.05) is 24.5 Å². The minimum absolute atomic E-state index is 0.0413. The zero-order chi connectivity index (χ0) is 15.2. The molecule has 0 spiro atoms. The molecule has 22 heavy (non-hydrogen) atoms. The number of hydrogen-bond acceptors (Lipinski definition) is 4. The van der Waals surface area contributed by atoms with Crippen LogP contribution in [0.1, 0.15) is 57.1 Å². The molecule has 0 unspecified atom stereocenters. The van der Waals surface area contributed by atoms with Crippen LogP contribution < -0.4 is 15.8 Å². The van der Waals surface area contributed by atoms with E-state index in [9.17, 15) is 4.79 Å². The molecule has 1 aliphatic heterocycles. The number of nitrogens with zero attached hydrogens (tertiary/aromatic N) is 2. The SMILES string of the molecule is O=c1[nH]cc(CCCNC2CC2)nc1N1CCCCCCC1. The molecule has 0 radical (unpaired) electrons. The van der Waals surface area contributed by atoms with E-state index in [-0.39, 0.29) is 5.56 Å². The van der Waals surface area contributed by atoms with Crippen LogP contribution in [0.2, 0.25) is 0 Å². The lowest BCUT2D eigenvalue weighted by Crippen LogP contribution is -2.33. The molecule has 2 heterocycles. The van der Waals surface area contributed by atoms with E-state index in [1.54, 1.807) is 6.20 Å². The summed E-state index contributed by atoms with van der Waals surface area (Å²) in [7, 11) is 0. The Kier molecular flexibility index (Phi) is 5.48. The molecule has 1 aliphatic carbocycles. The third-order valence-corrected chi connectivity index (χ3v) is 4.60. The van der Waals surface area contributed by atoms with Gasteiger partial charge in [0, 0.05) is 25.3 Å².